The van der Waals surface area contributed by atoms with Crippen LogP contribution in [0.1, 0.15) is 46.3 Å². The van der Waals surface area contributed by atoms with Crippen molar-refractivity contribution in [1.29, 1.82) is 0 Å². The first kappa shape index (κ1) is 27.2. The number of carbonyl (C=O) groups is 2. The van der Waals surface area contributed by atoms with E-state index in [0.717, 1.165) is 35.4 Å². The monoisotopic (exact) mass is 529 g/mol. The van der Waals surface area contributed by atoms with Gasteiger partial charge in [0.25, 0.3) is 5.91 Å². The maximum atomic E-state index is 13.8. The van der Waals surface area contributed by atoms with E-state index in [1.165, 1.54) is 11.3 Å². The van der Waals surface area contributed by atoms with Gasteiger partial charge >= 0.3 is 0 Å². The summed E-state index contributed by atoms with van der Waals surface area (Å²) in [6.07, 6.45) is 3.84. The van der Waals surface area contributed by atoms with E-state index in [-0.39, 0.29) is 18.4 Å². The van der Waals surface area contributed by atoms with Gasteiger partial charge in [0.05, 0.1) is 18.5 Å². The Morgan fingerprint density at radius 1 is 0.895 bits per heavy atom. The van der Waals surface area contributed by atoms with Crippen molar-refractivity contribution in [1.82, 2.24) is 14.4 Å². The first-order chi connectivity index (χ1) is 18.6. The first-order valence-corrected chi connectivity index (χ1v) is 13.9. The van der Waals surface area contributed by atoms with Crippen molar-refractivity contribution in [3.63, 3.8) is 0 Å². The fourth-order valence-electron chi connectivity index (χ4n) is 4.37. The Labute approximate surface area is 229 Å². The Morgan fingerprint density at radius 3 is 2.45 bits per heavy atom. The van der Waals surface area contributed by atoms with E-state index in [1.807, 2.05) is 83.2 Å². The van der Waals surface area contributed by atoms with Crippen LogP contribution in [0.15, 0.2) is 90.4 Å². The van der Waals surface area contributed by atoms with E-state index in [1.54, 1.807) is 12.0 Å². The Morgan fingerprint density at radius 2 is 1.71 bits per heavy atom. The molecule has 0 fully saturated rings. The maximum absolute atomic E-state index is 13.8. The summed E-state index contributed by atoms with van der Waals surface area (Å²) >= 11 is 1.41. The van der Waals surface area contributed by atoms with Crippen molar-refractivity contribution in [2.24, 2.45) is 0 Å². The third-order valence-corrected chi connectivity index (χ3v) is 7.32. The standard InChI is InChI=1S/C31H35N3O3S/c1-3-4-17-33(31(36)29-16-10-19-38-29)24-30(35)34(21-25-11-6-5-7-12-25)23-27-14-9-18-32(27)22-26-13-8-15-28(20-26)37-2/h5-16,18-20H,3-4,17,21-24H2,1-2H3. The zero-order valence-electron chi connectivity index (χ0n) is 22.1. The lowest BCUT2D eigenvalue weighted by molar-refractivity contribution is -0.133. The molecule has 0 bridgehead atoms. The van der Waals surface area contributed by atoms with Crippen LogP contribution in [0.25, 0.3) is 0 Å². The molecule has 0 spiro atoms. The SMILES string of the molecule is CCCCN(CC(=O)N(Cc1ccccc1)Cc1cccn1Cc1cccc(OC)c1)C(=O)c1cccs1. The number of aromatic nitrogens is 1. The van der Waals surface area contributed by atoms with E-state index in [2.05, 4.69) is 23.6 Å². The molecule has 0 aliphatic carbocycles. The van der Waals surface area contributed by atoms with Crippen LogP contribution in [0.2, 0.25) is 0 Å². The third-order valence-electron chi connectivity index (χ3n) is 6.46. The zero-order chi connectivity index (χ0) is 26.7. The van der Waals surface area contributed by atoms with Crippen LogP contribution < -0.4 is 4.74 Å². The summed E-state index contributed by atoms with van der Waals surface area (Å²) < 4.78 is 7.54. The minimum absolute atomic E-state index is 0.0557. The molecule has 2 aromatic carbocycles. The number of carbonyl (C=O) groups excluding carboxylic acids is 2. The molecule has 0 radical (unpaired) electrons. The molecule has 2 amide bonds. The quantitative estimate of drug-likeness (QED) is 0.211. The summed E-state index contributed by atoms with van der Waals surface area (Å²) in [6.45, 7) is 4.29. The van der Waals surface area contributed by atoms with Crippen LogP contribution in [0.5, 0.6) is 5.75 Å². The van der Waals surface area contributed by atoms with Crippen molar-refractivity contribution in [3.05, 3.63) is 112 Å². The van der Waals surface area contributed by atoms with Gasteiger partial charge in [0.15, 0.2) is 0 Å². The molecule has 0 unspecified atom stereocenters. The van der Waals surface area contributed by atoms with Crippen molar-refractivity contribution >= 4 is 23.2 Å². The van der Waals surface area contributed by atoms with E-state index in [4.69, 9.17) is 4.74 Å². The Hall–Kier alpha value is -3.84. The largest absolute Gasteiger partial charge is 0.497 e. The molecule has 198 valence electrons. The average molecular weight is 530 g/mol. The topological polar surface area (TPSA) is 54.8 Å². The van der Waals surface area contributed by atoms with Gasteiger partial charge in [-0.2, -0.15) is 0 Å². The fraction of sp³-hybridized carbons (Fsp3) is 0.290. The minimum atomic E-state index is -0.0807. The molecule has 0 aliphatic heterocycles. The second kappa shape index (κ2) is 13.6. The first-order valence-electron chi connectivity index (χ1n) is 13.0. The van der Waals surface area contributed by atoms with Crippen LogP contribution in [0.4, 0.5) is 0 Å². The number of nitrogens with zero attached hydrogens (tertiary/aromatic N) is 3. The molecule has 2 heterocycles. The van der Waals surface area contributed by atoms with Gasteiger partial charge < -0.3 is 19.1 Å². The fourth-order valence-corrected chi connectivity index (χ4v) is 5.06. The summed E-state index contributed by atoms with van der Waals surface area (Å²) in [5.41, 5.74) is 3.20. The highest BCUT2D eigenvalue weighted by atomic mass is 32.1. The number of hydrogen-bond donors (Lipinski definition) is 0. The van der Waals surface area contributed by atoms with E-state index >= 15 is 0 Å². The molecule has 7 heteroatoms. The highest BCUT2D eigenvalue weighted by molar-refractivity contribution is 7.12. The zero-order valence-corrected chi connectivity index (χ0v) is 22.9. The third kappa shape index (κ3) is 7.35. The second-order valence-electron chi connectivity index (χ2n) is 9.27. The molecule has 4 aromatic rings. The van der Waals surface area contributed by atoms with Crippen molar-refractivity contribution in [2.45, 2.75) is 39.4 Å². The Balaban J connectivity index is 1.55. The predicted molar refractivity (Wildman–Crippen MR) is 152 cm³/mol. The highest BCUT2D eigenvalue weighted by Crippen LogP contribution is 2.18. The minimum Gasteiger partial charge on any atom is -0.497 e. The van der Waals surface area contributed by atoms with E-state index in [0.29, 0.717) is 31.1 Å². The van der Waals surface area contributed by atoms with Gasteiger partial charge in [0.1, 0.15) is 12.3 Å². The van der Waals surface area contributed by atoms with Gasteiger partial charge in [-0.05, 0) is 53.3 Å². The highest BCUT2D eigenvalue weighted by Gasteiger charge is 2.23. The van der Waals surface area contributed by atoms with Crippen LogP contribution in [0.3, 0.4) is 0 Å². The lowest BCUT2D eigenvalue weighted by Crippen LogP contribution is -2.43. The van der Waals surface area contributed by atoms with Gasteiger partial charge in [-0.3, -0.25) is 9.59 Å². The molecule has 38 heavy (non-hydrogen) atoms. The van der Waals surface area contributed by atoms with Gasteiger partial charge in [0, 0.05) is 31.5 Å². The molecule has 2 aromatic heterocycles. The van der Waals surface area contributed by atoms with Crippen LogP contribution in [-0.4, -0.2) is 46.4 Å². The molecule has 0 saturated carbocycles. The maximum Gasteiger partial charge on any atom is 0.264 e. The van der Waals surface area contributed by atoms with Gasteiger partial charge in [0.2, 0.25) is 5.91 Å². The summed E-state index contributed by atoms with van der Waals surface area (Å²) in [6, 6.07) is 25.8. The number of rotatable bonds is 13. The lowest BCUT2D eigenvalue weighted by atomic mass is 10.2. The molecule has 0 N–H and O–H groups in total. The summed E-state index contributed by atoms with van der Waals surface area (Å²) in [4.78, 5) is 31.2. The van der Waals surface area contributed by atoms with Gasteiger partial charge in [-0.1, -0.05) is 61.9 Å². The molecule has 0 saturated heterocycles. The predicted octanol–water partition coefficient (Wildman–Crippen LogP) is 6.08. The second-order valence-corrected chi connectivity index (χ2v) is 10.2. The van der Waals surface area contributed by atoms with Crippen LogP contribution >= 0.6 is 11.3 Å². The number of benzene rings is 2. The summed E-state index contributed by atoms with van der Waals surface area (Å²) in [5, 5.41) is 1.89. The number of hydrogen-bond acceptors (Lipinski definition) is 4. The van der Waals surface area contributed by atoms with Crippen molar-refractivity contribution in [2.75, 3.05) is 20.2 Å². The lowest BCUT2D eigenvalue weighted by Gasteiger charge is -2.28. The normalized spacial score (nSPS) is 10.8. The molecule has 0 aliphatic rings. The van der Waals surface area contributed by atoms with Crippen LogP contribution in [-0.2, 0) is 24.4 Å². The van der Waals surface area contributed by atoms with Crippen molar-refractivity contribution < 1.29 is 14.3 Å². The molecular weight excluding hydrogens is 494 g/mol. The van der Waals surface area contributed by atoms with E-state index < -0.39 is 0 Å². The molecular formula is C31H35N3O3S. The summed E-state index contributed by atoms with van der Waals surface area (Å²) in [5.74, 6) is 0.673. The number of unbranched alkanes of at least 4 members (excludes halogenated alkanes) is 1. The van der Waals surface area contributed by atoms with Crippen LogP contribution in [0, 0.1) is 0 Å². The number of thiophene rings is 1. The molecule has 0 atom stereocenters. The summed E-state index contributed by atoms with van der Waals surface area (Å²) in [7, 11) is 1.67. The number of amides is 2. The molecule has 4 rings (SSSR count). The van der Waals surface area contributed by atoms with Gasteiger partial charge in [-0.15, -0.1) is 11.3 Å². The molecule has 6 nitrogen and oxygen atoms in total. The number of ether oxygens (including phenoxy) is 1. The Kier molecular flexibility index (Phi) is 9.76. The van der Waals surface area contributed by atoms with E-state index in [9.17, 15) is 9.59 Å². The number of methoxy groups -OCH3 is 1. The Bertz CT molecular complexity index is 1300. The smallest absolute Gasteiger partial charge is 0.264 e. The van der Waals surface area contributed by atoms with Gasteiger partial charge in [-0.25, -0.2) is 0 Å². The van der Waals surface area contributed by atoms with Crippen molar-refractivity contribution in [3.8, 4) is 5.75 Å². The average Bonchev–Trinajstić information content (AvgIpc) is 3.64.